The fraction of sp³-hybridized carbons (Fsp3) is 0.400. The van der Waals surface area contributed by atoms with Gasteiger partial charge in [-0.15, -0.1) is 0 Å². The summed E-state index contributed by atoms with van der Waals surface area (Å²) < 4.78 is 5.78. The Balaban J connectivity index is 1.82. The van der Waals surface area contributed by atoms with Gasteiger partial charge in [-0.3, -0.25) is 0 Å². The number of aliphatic hydroxyl groups is 1. The van der Waals surface area contributed by atoms with Crippen molar-refractivity contribution in [2.45, 2.75) is 69.8 Å². The van der Waals surface area contributed by atoms with Crippen LogP contribution in [0.1, 0.15) is 57.2 Å². The van der Waals surface area contributed by atoms with E-state index in [2.05, 4.69) is 0 Å². The van der Waals surface area contributed by atoms with E-state index >= 15 is 0 Å². The molecule has 31 heavy (non-hydrogen) atoms. The molecule has 1 aliphatic heterocycles. The number of phenols is 2. The predicted octanol–water partition coefficient (Wildman–Crippen LogP) is 5.90. The van der Waals surface area contributed by atoms with E-state index in [1.165, 1.54) is 11.8 Å². The van der Waals surface area contributed by atoms with Gasteiger partial charge in [0.2, 0.25) is 0 Å². The summed E-state index contributed by atoms with van der Waals surface area (Å²) in [6.07, 6.45) is 1.45. The van der Waals surface area contributed by atoms with E-state index in [-0.39, 0.29) is 34.0 Å². The number of phenolic OH excluding ortho intramolecular Hbond substituents is 2. The molecular weight excluding hydrogens is 412 g/mol. The van der Waals surface area contributed by atoms with E-state index in [1.807, 2.05) is 45.9 Å². The third-order valence-corrected chi connectivity index (χ3v) is 6.69. The standard InChI is InChI=1S/C25H30O5S/c1-15-12-21(18(13-19(15)27)24(2,3)4)31-22-20(28)14-25(5,30-23(22)29)11-10-16-6-8-17(26)9-7-16/h6-9,12-13,26-28H,10-11,14H2,1-5H3/t25-/m0/s1. The van der Waals surface area contributed by atoms with Crippen molar-refractivity contribution in [2.75, 3.05) is 0 Å². The smallest absolute Gasteiger partial charge is 0.348 e. The van der Waals surface area contributed by atoms with Gasteiger partial charge >= 0.3 is 5.97 Å². The predicted molar refractivity (Wildman–Crippen MR) is 123 cm³/mol. The number of hydrogen-bond donors (Lipinski definition) is 3. The zero-order valence-corrected chi connectivity index (χ0v) is 19.5. The molecule has 3 N–H and O–H groups in total. The summed E-state index contributed by atoms with van der Waals surface area (Å²) in [4.78, 5) is 13.9. The molecule has 0 bridgehead atoms. The Kier molecular flexibility index (Phi) is 6.33. The minimum atomic E-state index is -0.805. The highest BCUT2D eigenvalue weighted by atomic mass is 32.2. The minimum Gasteiger partial charge on any atom is -0.511 e. The molecule has 3 rings (SSSR count). The number of aryl methyl sites for hydroxylation is 2. The summed E-state index contributed by atoms with van der Waals surface area (Å²) in [5.41, 5.74) is 1.57. The second kappa shape index (κ2) is 8.50. The quantitative estimate of drug-likeness (QED) is 0.500. The molecule has 5 nitrogen and oxygen atoms in total. The van der Waals surface area contributed by atoms with Crippen molar-refractivity contribution in [2.24, 2.45) is 0 Å². The summed E-state index contributed by atoms with van der Waals surface area (Å²) in [7, 11) is 0. The molecule has 0 spiro atoms. The monoisotopic (exact) mass is 442 g/mol. The molecule has 0 amide bonds. The molecule has 0 aromatic heterocycles. The molecule has 166 valence electrons. The maximum absolute atomic E-state index is 12.9. The summed E-state index contributed by atoms with van der Waals surface area (Å²) in [5, 5.41) is 30.3. The highest BCUT2D eigenvalue weighted by Gasteiger charge is 2.39. The summed E-state index contributed by atoms with van der Waals surface area (Å²) in [6, 6.07) is 10.5. The van der Waals surface area contributed by atoms with Gasteiger partial charge in [0.05, 0.1) is 0 Å². The summed E-state index contributed by atoms with van der Waals surface area (Å²) >= 11 is 1.19. The average Bonchev–Trinajstić information content (AvgIpc) is 2.66. The topological polar surface area (TPSA) is 87.0 Å². The number of carbonyl (C=O) groups is 1. The number of hydrogen-bond acceptors (Lipinski definition) is 6. The summed E-state index contributed by atoms with van der Waals surface area (Å²) in [6.45, 7) is 9.74. The Bertz CT molecular complexity index is 1020. The molecule has 0 radical (unpaired) electrons. The average molecular weight is 443 g/mol. The Labute approximate surface area is 187 Å². The number of benzene rings is 2. The number of aromatic hydroxyl groups is 2. The van der Waals surface area contributed by atoms with E-state index in [9.17, 15) is 20.1 Å². The molecule has 1 aliphatic rings. The summed E-state index contributed by atoms with van der Waals surface area (Å²) in [5.74, 6) is -0.0894. The van der Waals surface area contributed by atoms with Gasteiger partial charge in [0.25, 0.3) is 0 Å². The van der Waals surface area contributed by atoms with E-state index < -0.39 is 11.6 Å². The van der Waals surface area contributed by atoms with Gasteiger partial charge in [0.1, 0.15) is 27.8 Å². The second-order valence-electron chi connectivity index (χ2n) is 9.45. The number of cyclic esters (lactones) is 1. The molecule has 0 saturated heterocycles. The van der Waals surface area contributed by atoms with Gasteiger partial charge in [-0.25, -0.2) is 4.79 Å². The lowest BCUT2D eigenvalue weighted by Gasteiger charge is -2.34. The number of aliphatic hydroxyl groups excluding tert-OH is 1. The molecule has 2 aromatic carbocycles. The van der Waals surface area contributed by atoms with E-state index in [4.69, 9.17) is 4.74 Å². The van der Waals surface area contributed by atoms with Crippen LogP contribution in [-0.2, 0) is 21.4 Å². The van der Waals surface area contributed by atoms with Crippen LogP contribution in [0.2, 0.25) is 0 Å². The Hall–Kier alpha value is -2.60. The lowest BCUT2D eigenvalue weighted by atomic mass is 9.86. The Morgan fingerprint density at radius 3 is 2.32 bits per heavy atom. The molecule has 0 saturated carbocycles. The van der Waals surface area contributed by atoms with Crippen LogP contribution in [0.15, 0.2) is 52.0 Å². The van der Waals surface area contributed by atoms with Crippen LogP contribution in [0.5, 0.6) is 11.5 Å². The largest absolute Gasteiger partial charge is 0.511 e. The maximum atomic E-state index is 12.9. The third-order valence-electron chi connectivity index (χ3n) is 5.53. The van der Waals surface area contributed by atoms with Crippen LogP contribution in [0, 0.1) is 6.92 Å². The lowest BCUT2D eigenvalue weighted by Crippen LogP contribution is -2.37. The van der Waals surface area contributed by atoms with Gasteiger partial charge in [-0.1, -0.05) is 44.7 Å². The van der Waals surface area contributed by atoms with Crippen LogP contribution in [-0.4, -0.2) is 26.9 Å². The van der Waals surface area contributed by atoms with E-state index in [0.29, 0.717) is 18.4 Å². The lowest BCUT2D eigenvalue weighted by molar-refractivity contribution is -0.156. The molecule has 1 heterocycles. The highest BCUT2D eigenvalue weighted by molar-refractivity contribution is 8.04. The molecule has 1 atom stereocenters. The van der Waals surface area contributed by atoms with Gasteiger partial charge in [-0.05, 0) is 73.1 Å². The molecule has 6 heteroatoms. The number of carbonyl (C=O) groups excluding carboxylic acids is 1. The van der Waals surface area contributed by atoms with Crippen molar-refractivity contribution >= 4 is 17.7 Å². The van der Waals surface area contributed by atoms with Gasteiger partial charge in [0, 0.05) is 11.3 Å². The van der Waals surface area contributed by atoms with E-state index in [0.717, 1.165) is 16.0 Å². The first kappa shape index (κ1) is 23.1. The van der Waals surface area contributed by atoms with Crippen molar-refractivity contribution in [3.05, 3.63) is 63.8 Å². The molecule has 0 aliphatic carbocycles. The fourth-order valence-corrected chi connectivity index (χ4v) is 4.87. The first-order valence-corrected chi connectivity index (χ1v) is 11.1. The molecular formula is C25H30O5S. The number of thioether (sulfide) groups is 1. The van der Waals surface area contributed by atoms with Crippen molar-refractivity contribution in [1.29, 1.82) is 0 Å². The van der Waals surface area contributed by atoms with Crippen LogP contribution >= 0.6 is 11.8 Å². The van der Waals surface area contributed by atoms with Crippen LogP contribution in [0.25, 0.3) is 0 Å². The molecule has 0 unspecified atom stereocenters. The fourth-order valence-electron chi connectivity index (χ4n) is 3.62. The normalized spacial score (nSPS) is 19.5. The zero-order chi connectivity index (χ0) is 23.0. The van der Waals surface area contributed by atoms with Crippen molar-refractivity contribution in [3.63, 3.8) is 0 Å². The van der Waals surface area contributed by atoms with Crippen molar-refractivity contribution in [3.8, 4) is 11.5 Å². The first-order valence-electron chi connectivity index (χ1n) is 10.3. The minimum absolute atomic E-state index is 0.0278. The second-order valence-corrected chi connectivity index (χ2v) is 10.5. The zero-order valence-electron chi connectivity index (χ0n) is 18.7. The molecule has 0 fully saturated rings. The molecule has 2 aromatic rings. The van der Waals surface area contributed by atoms with Crippen LogP contribution in [0.3, 0.4) is 0 Å². The first-order chi connectivity index (χ1) is 14.4. The van der Waals surface area contributed by atoms with Gasteiger partial charge < -0.3 is 20.1 Å². The van der Waals surface area contributed by atoms with Crippen molar-refractivity contribution in [1.82, 2.24) is 0 Å². The Morgan fingerprint density at radius 1 is 1.10 bits per heavy atom. The number of ether oxygens (including phenoxy) is 1. The number of rotatable bonds is 5. The maximum Gasteiger partial charge on any atom is 0.348 e. The number of esters is 1. The van der Waals surface area contributed by atoms with Crippen molar-refractivity contribution < 1.29 is 24.9 Å². The van der Waals surface area contributed by atoms with Crippen LogP contribution < -0.4 is 0 Å². The highest BCUT2D eigenvalue weighted by Crippen LogP contribution is 2.44. The Morgan fingerprint density at radius 2 is 1.74 bits per heavy atom. The van der Waals surface area contributed by atoms with Gasteiger partial charge in [0.15, 0.2) is 0 Å². The van der Waals surface area contributed by atoms with Gasteiger partial charge in [-0.2, -0.15) is 0 Å². The SMILES string of the molecule is Cc1cc(SC2=C(O)C[C@](C)(CCc3ccc(O)cc3)OC2=O)c(C(C)(C)C)cc1O. The van der Waals surface area contributed by atoms with Crippen LogP contribution in [0.4, 0.5) is 0 Å². The van der Waals surface area contributed by atoms with E-state index in [1.54, 1.807) is 25.1 Å². The third kappa shape index (κ3) is 5.37.